The molecule has 4 rings (SSSR count). The lowest BCUT2D eigenvalue weighted by Crippen LogP contribution is -2.23. The van der Waals surface area contributed by atoms with Crippen molar-refractivity contribution in [3.63, 3.8) is 0 Å². The topological polar surface area (TPSA) is 311 Å². The SMILES string of the molecule is O=C(C(=O)c1c(C(=O)c2cc(O)c(O)c(O)c2)c(O)c(O)c(O)c1C(=O)c1cc(O)c(O)c(O)c1)c1cc(O)c(O)c(O)c1. The molecule has 0 bridgehead atoms. The molecule has 44 heavy (non-hydrogen) atoms. The minimum atomic E-state index is -1.94. The van der Waals surface area contributed by atoms with Gasteiger partial charge in [-0.2, -0.15) is 0 Å². The molecule has 12 N–H and O–H groups in total. The van der Waals surface area contributed by atoms with Crippen LogP contribution in [-0.2, 0) is 0 Å². The summed E-state index contributed by atoms with van der Waals surface area (Å²) in [6.07, 6.45) is 0. The number of ketones is 4. The van der Waals surface area contributed by atoms with Gasteiger partial charge in [0.2, 0.25) is 17.3 Å². The summed E-state index contributed by atoms with van der Waals surface area (Å²) in [6.45, 7) is 0. The predicted octanol–water partition coefficient (Wildman–Crippen LogP) is 1.68. The molecule has 0 aliphatic heterocycles. The summed E-state index contributed by atoms with van der Waals surface area (Å²) in [5.41, 5.74) is -6.76. The van der Waals surface area contributed by atoms with Crippen LogP contribution in [0.25, 0.3) is 0 Å². The van der Waals surface area contributed by atoms with E-state index in [1.54, 1.807) is 0 Å². The van der Waals surface area contributed by atoms with Crippen molar-refractivity contribution in [1.82, 2.24) is 0 Å². The number of carbonyl (C=O) groups is 4. The first-order valence-corrected chi connectivity index (χ1v) is 11.7. The van der Waals surface area contributed by atoms with Crippen molar-refractivity contribution in [2.24, 2.45) is 0 Å². The maximum Gasteiger partial charge on any atom is 0.235 e. The third-order valence-electron chi connectivity index (χ3n) is 6.31. The predicted molar refractivity (Wildman–Crippen MR) is 141 cm³/mol. The van der Waals surface area contributed by atoms with E-state index in [-0.39, 0.29) is 0 Å². The van der Waals surface area contributed by atoms with Crippen LogP contribution in [0.3, 0.4) is 0 Å². The number of rotatable bonds is 7. The van der Waals surface area contributed by atoms with Crippen LogP contribution in [0.15, 0.2) is 36.4 Å². The van der Waals surface area contributed by atoms with E-state index in [0.29, 0.717) is 36.4 Å². The van der Waals surface area contributed by atoms with Crippen LogP contribution in [0.5, 0.6) is 69.0 Å². The molecule has 0 spiro atoms. The van der Waals surface area contributed by atoms with E-state index in [2.05, 4.69) is 0 Å². The minimum absolute atomic E-state index is 0.491. The van der Waals surface area contributed by atoms with Crippen LogP contribution in [0.2, 0.25) is 0 Å². The summed E-state index contributed by atoms with van der Waals surface area (Å²) in [7, 11) is 0. The molecule has 0 aliphatic rings. The van der Waals surface area contributed by atoms with Crippen LogP contribution in [0.1, 0.15) is 52.6 Å². The lowest BCUT2D eigenvalue weighted by Gasteiger charge is -2.18. The third-order valence-corrected chi connectivity index (χ3v) is 6.31. The fourth-order valence-corrected chi connectivity index (χ4v) is 4.12. The highest BCUT2D eigenvalue weighted by atomic mass is 16.3. The molecule has 226 valence electrons. The molecule has 0 aromatic heterocycles. The quantitative estimate of drug-likeness (QED) is 0.0804. The second-order valence-corrected chi connectivity index (χ2v) is 9.08. The number of aromatic hydroxyl groups is 12. The summed E-state index contributed by atoms with van der Waals surface area (Å²) in [5.74, 6) is -21.6. The number of hydrogen-bond acceptors (Lipinski definition) is 16. The van der Waals surface area contributed by atoms with Gasteiger partial charge in [0, 0.05) is 16.7 Å². The fraction of sp³-hybridized carbons (Fsp3) is 0. The Morgan fingerprint density at radius 1 is 0.318 bits per heavy atom. The van der Waals surface area contributed by atoms with E-state index < -0.39 is 126 Å². The average molecular weight is 610 g/mol. The molecular weight excluding hydrogens is 592 g/mol. The molecule has 4 aromatic carbocycles. The second-order valence-electron chi connectivity index (χ2n) is 9.08. The van der Waals surface area contributed by atoms with Gasteiger partial charge in [-0.05, 0) is 36.4 Å². The monoisotopic (exact) mass is 610 g/mol. The third kappa shape index (κ3) is 4.73. The lowest BCUT2D eigenvalue weighted by molar-refractivity contribution is 0.0812. The normalized spacial score (nSPS) is 10.8. The van der Waals surface area contributed by atoms with Gasteiger partial charge in [-0.3, -0.25) is 19.2 Å². The van der Waals surface area contributed by atoms with Gasteiger partial charge >= 0.3 is 0 Å². The number of phenols is 12. The Balaban J connectivity index is 2.10. The molecular formula is C28H18O16. The van der Waals surface area contributed by atoms with Crippen molar-refractivity contribution in [1.29, 1.82) is 0 Å². The molecule has 0 heterocycles. The lowest BCUT2D eigenvalue weighted by atomic mass is 9.84. The van der Waals surface area contributed by atoms with E-state index in [9.17, 15) is 80.5 Å². The maximum absolute atomic E-state index is 13.7. The highest BCUT2D eigenvalue weighted by Crippen LogP contribution is 2.47. The van der Waals surface area contributed by atoms with Crippen molar-refractivity contribution < 1.29 is 80.5 Å². The van der Waals surface area contributed by atoms with E-state index in [1.165, 1.54) is 0 Å². The van der Waals surface area contributed by atoms with Gasteiger partial charge in [-0.15, -0.1) is 0 Å². The molecule has 16 heteroatoms. The number of phenolic OH excluding ortho intramolecular Hbond substituents is 12. The number of benzene rings is 4. The second kappa shape index (κ2) is 10.5. The zero-order chi connectivity index (χ0) is 32.9. The van der Waals surface area contributed by atoms with Crippen LogP contribution in [-0.4, -0.2) is 84.4 Å². The van der Waals surface area contributed by atoms with E-state index in [1.807, 2.05) is 0 Å². The van der Waals surface area contributed by atoms with Crippen LogP contribution in [0.4, 0.5) is 0 Å². The molecule has 0 saturated heterocycles. The molecule has 0 fully saturated rings. The number of Topliss-reactive ketones (excluding diaryl/α,β-unsaturated/α-hetero) is 2. The van der Waals surface area contributed by atoms with Gasteiger partial charge in [-0.1, -0.05) is 0 Å². The Morgan fingerprint density at radius 2 is 0.591 bits per heavy atom. The molecule has 0 amide bonds. The minimum Gasteiger partial charge on any atom is -0.504 e. The molecule has 0 atom stereocenters. The first-order valence-electron chi connectivity index (χ1n) is 11.7. The highest BCUT2D eigenvalue weighted by Gasteiger charge is 2.38. The van der Waals surface area contributed by atoms with Crippen LogP contribution >= 0.6 is 0 Å². The van der Waals surface area contributed by atoms with Crippen LogP contribution < -0.4 is 0 Å². The first-order chi connectivity index (χ1) is 20.5. The Labute approximate surface area is 242 Å². The number of carbonyl (C=O) groups excluding carboxylic acids is 4. The average Bonchev–Trinajstić information content (AvgIpc) is 2.97. The van der Waals surface area contributed by atoms with E-state index >= 15 is 0 Å². The summed E-state index contributed by atoms with van der Waals surface area (Å²) < 4.78 is 0. The molecule has 0 radical (unpaired) electrons. The number of hydrogen-bond donors (Lipinski definition) is 12. The van der Waals surface area contributed by atoms with Gasteiger partial charge in [0.05, 0.1) is 16.7 Å². The van der Waals surface area contributed by atoms with Crippen molar-refractivity contribution in [2.75, 3.05) is 0 Å². The Bertz CT molecular complexity index is 1790. The Hall–Kier alpha value is -6.84. The first kappa shape index (κ1) is 30.1. The van der Waals surface area contributed by atoms with Gasteiger partial charge in [0.15, 0.2) is 74.8 Å². The van der Waals surface area contributed by atoms with Crippen molar-refractivity contribution in [2.45, 2.75) is 0 Å². The van der Waals surface area contributed by atoms with Gasteiger partial charge in [0.25, 0.3) is 0 Å². The van der Waals surface area contributed by atoms with Crippen molar-refractivity contribution in [3.8, 4) is 69.0 Å². The van der Waals surface area contributed by atoms with Crippen molar-refractivity contribution >= 4 is 23.1 Å². The smallest absolute Gasteiger partial charge is 0.235 e. The van der Waals surface area contributed by atoms with E-state index in [4.69, 9.17) is 0 Å². The largest absolute Gasteiger partial charge is 0.504 e. The molecule has 16 nitrogen and oxygen atoms in total. The van der Waals surface area contributed by atoms with Gasteiger partial charge in [0.1, 0.15) is 0 Å². The summed E-state index contributed by atoms with van der Waals surface area (Å²) in [6, 6.07) is 3.05. The van der Waals surface area contributed by atoms with Gasteiger partial charge in [-0.25, -0.2) is 0 Å². The van der Waals surface area contributed by atoms with Crippen molar-refractivity contribution in [3.05, 3.63) is 69.8 Å². The highest BCUT2D eigenvalue weighted by molar-refractivity contribution is 6.52. The summed E-state index contributed by atoms with van der Waals surface area (Å²) in [5, 5.41) is 120. The molecule has 0 unspecified atom stereocenters. The van der Waals surface area contributed by atoms with E-state index in [0.717, 1.165) is 0 Å². The fourth-order valence-electron chi connectivity index (χ4n) is 4.12. The Kier molecular flexibility index (Phi) is 7.21. The van der Waals surface area contributed by atoms with Crippen LogP contribution in [0, 0.1) is 0 Å². The summed E-state index contributed by atoms with van der Waals surface area (Å²) in [4.78, 5) is 54.1. The molecule has 4 aromatic rings. The Morgan fingerprint density at radius 3 is 0.886 bits per heavy atom. The zero-order valence-electron chi connectivity index (χ0n) is 21.5. The summed E-state index contributed by atoms with van der Waals surface area (Å²) >= 11 is 0. The molecule has 0 saturated carbocycles. The zero-order valence-corrected chi connectivity index (χ0v) is 21.5. The van der Waals surface area contributed by atoms with Gasteiger partial charge < -0.3 is 61.3 Å². The maximum atomic E-state index is 13.7. The molecule has 0 aliphatic carbocycles. The standard InChI is InChI=1S/C28H18O16/c29-10-1-7(2-11(30)22(10)38)19(35)17-16(25(41)21(37)9-5-14(33)24(40)15(34)6-9)18(27(43)28(44)26(17)42)20(36)8-3-12(31)23(39)13(32)4-8/h1-6,29-34,38-40,42-44H.